The molecule has 0 atom stereocenters. The predicted octanol–water partition coefficient (Wildman–Crippen LogP) is 3.38. The van der Waals surface area contributed by atoms with Gasteiger partial charge in [-0.15, -0.1) is 0 Å². The van der Waals surface area contributed by atoms with Crippen LogP contribution in [0.3, 0.4) is 0 Å². The van der Waals surface area contributed by atoms with E-state index in [1.807, 2.05) is 24.5 Å². The number of carbonyl (C=O) groups is 1. The first-order valence-electron chi connectivity index (χ1n) is 10.7. The number of hydrogen-bond donors (Lipinski definition) is 0. The highest BCUT2D eigenvalue weighted by atomic mass is 32.2. The standard InChI is InChI=1S/C23H22FN5O3S2/c1-15-14-19(16(2)29(15)18-8-6-17(24)7-9-18)23(30)27-10-12-28(13-11-27)34(31,32)21-5-3-4-20-22(21)26-33-25-20/h3-9,14H,10-13H2,1-2H3. The maximum absolute atomic E-state index is 13.3. The summed E-state index contributed by atoms with van der Waals surface area (Å²) in [6.45, 7) is 4.70. The number of aryl methyl sites for hydroxylation is 1. The van der Waals surface area contributed by atoms with Crippen molar-refractivity contribution >= 4 is 38.7 Å². The summed E-state index contributed by atoms with van der Waals surface area (Å²) in [4.78, 5) is 15.1. The predicted molar refractivity (Wildman–Crippen MR) is 127 cm³/mol. The van der Waals surface area contributed by atoms with Crippen LogP contribution in [0.5, 0.6) is 0 Å². The minimum atomic E-state index is -3.76. The van der Waals surface area contributed by atoms with Gasteiger partial charge in [0.05, 0.1) is 17.3 Å². The van der Waals surface area contributed by atoms with Gasteiger partial charge in [-0.05, 0) is 56.3 Å². The van der Waals surface area contributed by atoms with Crippen molar-refractivity contribution in [2.24, 2.45) is 0 Å². The highest BCUT2D eigenvalue weighted by molar-refractivity contribution is 7.89. The number of nitrogens with zero attached hydrogens (tertiary/aromatic N) is 5. The molecule has 1 saturated heterocycles. The van der Waals surface area contributed by atoms with Gasteiger partial charge in [-0.2, -0.15) is 13.1 Å². The molecule has 1 fully saturated rings. The molecular formula is C23H22FN5O3S2. The maximum atomic E-state index is 13.3. The van der Waals surface area contributed by atoms with E-state index in [1.54, 1.807) is 35.2 Å². The molecule has 1 aliphatic heterocycles. The summed E-state index contributed by atoms with van der Waals surface area (Å²) < 4.78 is 51.4. The Labute approximate surface area is 200 Å². The van der Waals surface area contributed by atoms with Crippen LogP contribution in [0.15, 0.2) is 53.4 Å². The van der Waals surface area contributed by atoms with Crippen LogP contribution in [-0.4, -0.2) is 63.0 Å². The van der Waals surface area contributed by atoms with Crippen molar-refractivity contribution < 1.29 is 17.6 Å². The van der Waals surface area contributed by atoms with Gasteiger partial charge in [-0.25, -0.2) is 12.8 Å². The molecule has 0 bridgehead atoms. The third-order valence-electron chi connectivity index (χ3n) is 6.14. The number of piperazine rings is 1. The highest BCUT2D eigenvalue weighted by Crippen LogP contribution is 2.26. The zero-order chi connectivity index (χ0) is 24.0. The van der Waals surface area contributed by atoms with Crippen molar-refractivity contribution in [3.63, 3.8) is 0 Å². The van der Waals surface area contributed by atoms with Gasteiger partial charge in [0.1, 0.15) is 21.7 Å². The first-order chi connectivity index (χ1) is 16.3. The summed E-state index contributed by atoms with van der Waals surface area (Å²) in [7, 11) is -3.76. The number of benzene rings is 2. The number of hydrogen-bond acceptors (Lipinski definition) is 6. The van der Waals surface area contributed by atoms with Crippen LogP contribution in [0.25, 0.3) is 16.7 Å². The lowest BCUT2D eigenvalue weighted by atomic mass is 10.2. The molecule has 0 aliphatic carbocycles. The molecule has 0 saturated carbocycles. The van der Waals surface area contributed by atoms with Crippen LogP contribution < -0.4 is 0 Å². The van der Waals surface area contributed by atoms with Crippen molar-refractivity contribution in [3.8, 4) is 5.69 Å². The monoisotopic (exact) mass is 499 g/mol. The molecule has 0 unspecified atom stereocenters. The number of aromatic nitrogens is 3. The minimum absolute atomic E-state index is 0.140. The van der Waals surface area contributed by atoms with E-state index in [-0.39, 0.29) is 42.8 Å². The van der Waals surface area contributed by atoms with Gasteiger partial charge >= 0.3 is 0 Å². The normalized spacial score (nSPS) is 15.2. The zero-order valence-electron chi connectivity index (χ0n) is 18.6. The van der Waals surface area contributed by atoms with Crippen LogP contribution in [0, 0.1) is 19.7 Å². The van der Waals surface area contributed by atoms with Crippen LogP contribution in [0.4, 0.5) is 4.39 Å². The van der Waals surface area contributed by atoms with Gasteiger partial charge in [-0.3, -0.25) is 4.79 Å². The zero-order valence-corrected chi connectivity index (χ0v) is 20.2. The minimum Gasteiger partial charge on any atom is -0.336 e. The molecule has 176 valence electrons. The Morgan fingerprint density at radius 3 is 2.41 bits per heavy atom. The highest BCUT2D eigenvalue weighted by Gasteiger charge is 2.33. The van der Waals surface area contributed by atoms with Gasteiger partial charge in [-0.1, -0.05) is 6.07 Å². The second-order valence-corrected chi connectivity index (χ2v) is 10.6. The number of amides is 1. The topological polar surface area (TPSA) is 88.4 Å². The molecule has 11 heteroatoms. The third kappa shape index (κ3) is 3.79. The second kappa shape index (κ2) is 8.57. The van der Waals surface area contributed by atoms with Crippen LogP contribution in [0.2, 0.25) is 0 Å². The molecule has 34 heavy (non-hydrogen) atoms. The Morgan fingerprint density at radius 1 is 1.00 bits per heavy atom. The smallest absolute Gasteiger partial charge is 0.255 e. The Morgan fingerprint density at radius 2 is 1.71 bits per heavy atom. The number of halogens is 1. The molecule has 1 amide bonds. The number of sulfonamides is 1. The summed E-state index contributed by atoms with van der Waals surface area (Å²) in [6.07, 6.45) is 0. The first-order valence-corrected chi connectivity index (χ1v) is 12.9. The molecular weight excluding hydrogens is 477 g/mol. The number of rotatable bonds is 4. The van der Waals surface area contributed by atoms with Crippen molar-refractivity contribution in [1.82, 2.24) is 22.5 Å². The summed E-state index contributed by atoms with van der Waals surface area (Å²) in [5, 5.41) is 0. The van der Waals surface area contributed by atoms with E-state index in [4.69, 9.17) is 0 Å². The van der Waals surface area contributed by atoms with E-state index in [1.165, 1.54) is 16.4 Å². The molecule has 0 spiro atoms. The fraction of sp³-hybridized carbons (Fsp3) is 0.261. The summed E-state index contributed by atoms with van der Waals surface area (Å²) >= 11 is 0.979. The molecule has 4 aromatic rings. The molecule has 2 aromatic carbocycles. The van der Waals surface area contributed by atoms with Gasteiger partial charge in [0, 0.05) is 43.3 Å². The van der Waals surface area contributed by atoms with Crippen molar-refractivity contribution in [1.29, 1.82) is 0 Å². The Kier molecular flexibility index (Phi) is 5.70. The van der Waals surface area contributed by atoms with E-state index < -0.39 is 10.0 Å². The molecule has 8 nitrogen and oxygen atoms in total. The average Bonchev–Trinajstić information content (AvgIpc) is 3.43. The largest absolute Gasteiger partial charge is 0.336 e. The van der Waals surface area contributed by atoms with E-state index in [0.717, 1.165) is 28.8 Å². The third-order valence-corrected chi connectivity index (χ3v) is 8.61. The van der Waals surface area contributed by atoms with Crippen molar-refractivity contribution in [3.05, 3.63) is 71.3 Å². The lowest BCUT2D eigenvalue weighted by Crippen LogP contribution is -2.50. The van der Waals surface area contributed by atoms with E-state index >= 15 is 0 Å². The molecule has 2 aromatic heterocycles. The molecule has 0 radical (unpaired) electrons. The first kappa shape index (κ1) is 22.6. The summed E-state index contributed by atoms with van der Waals surface area (Å²) in [5.74, 6) is -0.470. The van der Waals surface area contributed by atoms with Crippen LogP contribution in [-0.2, 0) is 10.0 Å². The van der Waals surface area contributed by atoms with Crippen LogP contribution >= 0.6 is 11.7 Å². The number of carbonyl (C=O) groups excluding carboxylic acids is 1. The fourth-order valence-electron chi connectivity index (χ4n) is 4.40. The van der Waals surface area contributed by atoms with E-state index in [2.05, 4.69) is 8.75 Å². The van der Waals surface area contributed by atoms with Gasteiger partial charge in [0.25, 0.3) is 5.91 Å². The van der Waals surface area contributed by atoms with Crippen molar-refractivity contribution in [2.75, 3.05) is 26.2 Å². The maximum Gasteiger partial charge on any atom is 0.255 e. The van der Waals surface area contributed by atoms with E-state index in [9.17, 15) is 17.6 Å². The van der Waals surface area contributed by atoms with Gasteiger partial charge in [0.2, 0.25) is 10.0 Å². The fourth-order valence-corrected chi connectivity index (χ4v) is 6.57. The lowest BCUT2D eigenvalue weighted by Gasteiger charge is -2.34. The number of fused-ring (bicyclic) bond motifs is 1. The Hall–Kier alpha value is -3.15. The quantitative estimate of drug-likeness (QED) is 0.430. The molecule has 3 heterocycles. The van der Waals surface area contributed by atoms with Gasteiger partial charge < -0.3 is 9.47 Å². The second-order valence-electron chi connectivity index (χ2n) is 8.18. The summed E-state index contributed by atoms with van der Waals surface area (Å²) in [5.41, 5.74) is 3.87. The van der Waals surface area contributed by atoms with E-state index in [0.29, 0.717) is 16.6 Å². The van der Waals surface area contributed by atoms with Crippen LogP contribution in [0.1, 0.15) is 21.7 Å². The SMILES string of the molecule is Cc1cc(C(=O)N2CCN(S(=O)(=O)c3cccc4nsnc34)CC2)c(C)n1-c1ccc(F)cc1. The van der Waals surface area contributed by atoms with Crippen molar-refractivity contribution in [2.45, 2.75) is 18.7 Å². The molecule has 1 aliphatic rings. The lowest BCUT2D eigenvalue weighted by molar-refractivity contribution is 0.0697. The average molecular weight is 500 g/mol. The Bertz CT molecular complexity index is 1490. The molecule has 0 N–H and O–H groups in total. The Balaban J connectivity index is 1.34. The molecule has 5 rings (SSSR count). The summed E-state index contributed by atoms with van der Waals surface area (Å²) in [6, 6.07) is 12.9. The van der Waals surface area contributed by atoms with Gasteiger partial charge in [0.15, 0.2) is 0 Å².